The molecule has 0 aliphatic carbocycles. The van der Waals surface area contributed by atoms with E-state index in [0.29, 0.717) is 16.1 Å². The van der Waals surface area contributed by atoms with Crippen molar-refractivity contribution >= 4 is 21.8 Å². The van der Waals surface area contributed by atoms with E-state index in [0.717, 1.165) is 32.6 Å². The topological polar surface area (TPSA) is 42.4 Å². The fourth-order valence-corrected chi connectivity index (χ4v) is 2.54. The van der Waals surface area contributed by atoms with Gasteiger partial charge in [0, 0.05) is 32.0 Å². The van der Waals surface area contributed by atoms with Crippen molar-refractivity contribution in [2.24, 2.45) is 5.92 Å². The van der Waals surface area contributed by atoms with Gasteiger partial charge in [0.15, 0.2) is 0 Å². The lowest BCUT2D eigenvalue weighted by atomic mass is 10.0. The van der Waals surface area contributed by atoms with Gasteiger partial charge in [-0.05, 0) is 46.8 Å². The highest BCUT2D eigenvalue weighted by Crippen LogP contribution is 2.16. The third-order valence-corrected chi connectivity index (χ3v) is 3.54. The molecule has 1 aliphatic heterocycles. The third-order valence-electron chi connectivity index (χ3n) is 3.11. The molecule has 0 N–H and O–H groups in total. The number of hydrogen-bond donors (Lipinski definition) is 0. The monoisotopic (exact) mass is 312 g/mol. The summed E-state index contributed by atoms with van der Waals surface area (Å²) < 4.78 is 6.12. The summed E-state index contributed by atoms with van der Waals surface area (Å²) in [7, 11) is 1.84. The van der Waals surface area contributed by atoms with Gasteiger partial charge in [0.1, 0.15) is 4.60 Å². The molecule has 1 aromatic heterocycles. The minimum atomic E-state index is 0.0312. The minimum absolute atomic E-state index is 0.0312. The summed E-state index contributed by atoms with van der Waals surface area (Å²) in [5.74, 6) is 0.488. The molecule has 1 amide bonds. The van der Waals surface area contributed by atoms with Crippen molar-refractivity contribution in [3.8, 4) is 0 Å². The van der Waals surface area contributed by atoms with Crippen LogP contribution < -0.4 is 0 Å². The van der Waals surface area contributed by atoms with Crippen molar-refractivity contribution in [2.75, 3.05) is 26.8 Å². The number of ether oxygens (including phenoxy) is 1. The lowest BCUT2D eigenvalue weighted by molar-refractivity contribution is 0.0388. The van der Waals surface area contributed by atoms with Crippen LogP contribution in [0.15, 0.2) is 22.9 Å². The standard InChI is InChI=1S/C13H17BrN2O2/c1-16(8-10-3-2-6-18-9-10)13(17)11-4-5-15-12(14)7-11/h4-5,7,10H,2-3,6,8-9H2,1H3. The van der Waals surface area contributed by atoms with Gasteiger partial charge in [-0.2, -0.15) is 0 Å². The Morgan fingerprint density at radius 1 is 1.67 bits per heavy atom. The number of amides is 1. The van der Waals surface area contributed by atoms with Gasteiger partial charge >= 0.3 is 0 Å². The van der Waals surface area contributed by atoms with Crippen LogP contribution in [0, 0.1) is 5.92 Å². The predicted molar refractivity (Wildman–Crippen MR) is 72.4 cm³/mol. The van der Waals surface area contributed by atoms with Crippen molar-refractivity contribution in [1.29, 1.82) is 0 Å². The first-order valence-electron chi connectivity index (χ1n) is 6.11. The van der Waals surface area contributed by atoms with Gasteiger partial charge in [-0.15, -0.1) is 0 Å². The number of carbonyl (C=O) groups is 1. The number of rotatable bonds is 3. The molecular formula is C13H17BrN2O2. The number of hydrogen-bond acceptors (Lipinski definition) is 3. The zero-order chi connectivity index (χ0) is 13.0. The quantitative estimate of drug-likeness (QED) is 0.805. The summed E-state index contributed by atoms with van der Waals surface area (Å²) in [5.41, 5.74) is 0.663. The van der Waals surface area contributed by atoms with Crippen LogP contribution in [0.25, 0.3) is 0 Å². The summed E-state index contributed by atoms with van der Waals surface area (Å²) in [6, 6.07) is 3.48. The highest BCUT2D eigenvalue weighted by molar-refractivity contribution is 9.10. The summed E-state index contributed by atoms with van der Waals surface area (Å²) >= 11 is 3.28. The zero-order valence-corrected chi connectivity index (χ0v) is 12.0. The average molecular weight is 313 g/mol. The second-order valence-corrected chi connectivity index (χ2v) is 5.45. The van der Waals surface area contributed by atoms with E-state index < -0.39 is 0 Å². The predicted octanol–water partition coefficient (Wildman–Crippen LogP) is 2.34. The van der Waals surface area contributed by atoms with Crippen molar-refractivity contribution in [1.82, 2.24) is 9.88 Å². The molecule has 1 aliphatic rings. The first-order valence-corrected chi connectivity index (χ1v) is 6.91. The molecule has 98 valence electrons. The molecule has 1 atom stereocenters. The molecule has 4 nitrogen and oxygen atoms in total. The highest BCUT2D eigenvalue weighted by atomic mass is 79.9. The SMILES string of the molecule is CN(CC1CCCOC1)C(=O)c1ccnc(Br)c1. The maximum atomic E-state index is 12.2. The summed E-state index contributed by atoms with van der Waals surface area (Å²) in [4.78, 5) is 18.0. The molecule has 1 unspecified atom stereocenters. The normalized spacial score (nSPS) is 19.6. The molecule has 5 heteroatoms. The Kier molecular flexibility index (Phi) is 4.72. The lowest BCUT2D eigenvalue weighted by Gasteiger charge is -2.27. The smallest absolute Gasteiger partial charge is 0.253 e. The molecule has 1 saturated heterocycles. The first-order chi connectivity index (χ1) is 8.66. The van der Waals surface area contributed by atoms with Crippen LogP contribution in [0.1, 0.15) is 23.2 Å². The molecule has 2 heterocycles. The Hall–Kier alpha value is -0.940. The van der Waals surface area contributed by atoms with Crippen LogP contribution in [0.5, 0.6) is 0 Å². The molecule has 1 fully saturated rings. The molecule has 1 aromatic rings. The van der Waals surface area contributed by atoms with Crippen molar-refractivity contribution < 1.29 is 9.53 Å². The maximum Gasteiger partial charge on any atom is 0.253 e. The van der Waals surface area contributed by atoms with Gasteiger partial charge in [0.25, 0.3) is 5.91 Å². The van der Waals surface area contributed by atoms with Crippen LogP contribution in [-0.4, -0.2) is 42.6 Å². The van der Waals surface area contributed by atoms with E-state index in [2.05, 4.69) is 20.9 Å². The fraction of sp³-hybridized carbons (Fsp3) is 0.538. The molecule has 2 rings (SSSR count). The molecule has 0 radical (unpaired) electrons. The van der Waals surface area contributed by atoms with Gasteiger partial charge in [0.2, 0.25) is 0 Å². The molecule has 0 spiro atoms. The highest BCUT2D eigenvalue weighted by Gasteiger charge is 2.19. The number of aromatic nitrogens is 1. The largest absolute Gasteiger partial charge is 0.381 e. The van der Waals surface area contributed by atoms with Crippen LogP contribution in [0.4, 0.5) is 0 Å². The van der Waals surface area contributed by atoms with Gasteiger partial charge < -0.3 is 9.64 Å². The van der Waals surface area contributed by atoms with E-state index in [1.165, 1.54) is 0 Å². The Bertz CT molecular complexity index is 419. The minimum Gasteiger partial charge on any atom is -0.381 e. The van der Waals surface area contributed by atoms with Crippen LogP contribution >= 0.6 is 15.9 Å². The molecule has 0 bridgehead atoms. The Balaban J connectivity index is 1.95. The van der Waals surface area contributed by atoms with Gasteiger partial charge in [0.05, 0.1) is 6.61 Å². The third kappa shape index (κ3) is 3.53. The second-order valence-electron chi connectivity index (χ2n) is 4.64. The summed E-state index contributed by atoms with van der Waals surface area (Å²) in [5, 5.41) is 0. The van der Waals surface area contributed by atoms with Gasteiger partial charge in [-0.25, -0.2) is 4.98 Å². The van der Waals surface area contributed by atoms with Crippen LogP contribution in [-0.2, 0) is 4.74 Å². The zero-order valence-electron chi connectivity index (χ0n) is 10.4. The van der Waals surface area contributed by atoms with Crippen molar-refractivity contribution in [2.45, 2.75) is 12.8 Å². The number of carbonyl (C=O) groups excluding carboxylic acids is 1. The van der Waals surface area contributed by atoms with E-state index in [1.54, 1.807) is 23.2 Å². The fourth-order valence-electron chi connectivity index (χ4n) is 2.18. The Labute approximate surface area is 115 Å². The number of pyridine rings is 1. The van der Waals surface area contributed by atoms with Crippen LogP contribution in [0.3, 0.4) is 0 Å². The van der Waals surface area contributed by atoms with Crippen molar-refractivity contribution in [3.05, 3.63) is 28.5 Å². The molecule has 0 saturated carbocycles. The van der Waals surface area contributed by atoms with Crippen LogP contribution in [0.2, 0.25) is 0 Å². The average Bonchev–Trinajstić information content (AvgIpc) is 2.39. The molecular weight excluding hydrogens is 296 g/mol. The molecule has 18 heavy (non-hydrogen) atoms. The lowest BCUT2D eigenvalue weighted by Crippen LogP contribution is -2.35. The van der Waals surface area contributed by atoms with Gasteiger partial charge in [-0.3, -0.25) is 4.79 Å². The van der Waals surface area contributed by atoms with Gasteiger partial charge in [-0.1, -0.05) is 0 Å². The Morgan fingerprint density at radius 2 is 2.50 bits per heavy atom. The second kappa shape index (κ2) is 6.29. The Morgan fingerprint density at radius 3 is 3.17 bits per heavy atom. The van der Waals surface area contributed by atoms with E-state index in [-0.39, 0.29) is 5.91 Å². The molecule has 0 aromatic carbocycles. The van der Waals surface area contributed by atoms with E-state index in [9.17, 15) is 4.79 Å². The van der Waals surface area contributed by atoms with Crippen molar-refractivity contribution in [3.63, 3.8) is 0 Å². The summed E-state index contributed by atoms with van der Waals surface area (Å²) in [6.45, 7) is 2.36. The maximum absolute atomic E-state index is 12.2. The summed E-state index contributed by atoms with van der Waals surface area (Å²) in [6.07, 6.45) is 3.86. The van der Waals surface area contributed by atoms with E-state index in [1.807, 2.05) is 7.05 Å². The van der Waals surface area contributed by atoms with E-state index >= 15 is 0 Å². The number of halogens is 1. The van der Waals surface area contributed by atoms with E-state index in [4.69, 9.17) is 4.74 Å². The number of nitrogens with zero attached hydrogens (tertiary/aromatic N) is 2. The first kappa shape index (κ1) is 13.5.